The largest absolute Gasteiger partial charge is 0.496 e. The molecule has 112 valence electrons. The van der Waals surface area contributed by atoms with Crippen molar-refractivity contribution in [1.29, 1.82) is 0 Å². The van der Waals surface area contributed by atoms with Gasteiger partial charge in [-0.2, -0.15) is 0 Å². The van der Waals surface area contributed by atoms with Crippen LogP contribution in [-0.2, 0) is 4.79 Å². The van der Waals surface area contributed by atoms with Gasteiger partial charge in [0.1, 0.15) is 17.2 Å². The molecule has 0 aliphatic carbocycles. The Morgan fingerprint density at radius 1 is 1.20 bits per heavy atom. The van der Waals surface area contributed by atoms with Crippen LogP contribution in [0.1, 0.15) is 12.8 Å². The Bertz CT molecular complexity index is 413. The van der Waals surface area contributed by atoms with Crippen LogP contribution < -0.4 is 19.9 Å². The minimum atomic E-state index is -0.865. The lowest BCUT2D eigenvalue weighted by atomic mass is 10.0. The summed E-state index contributed by atoms with van der Waals surface area (Å²) in [6.07, 6.45) is 1.11. The van der Waals surface area contributed by atoms with E-state index in [1.807, 2.05) is 0 Å². The molecule has 6 nitrogen and oxygen atoms in total. The summed E-state index contributed by atoms with van der Waals surface area (Å²) in [5.41, 5.74) is 5.39. The number of methoxy groups -OCH3 is 2. The highest BCUT2D eigenvalue weighted by Gasteiger charge is 2.14. The second-order valence-electron chi connectivity index (χ2n) is 4.31. The lowest BCUT2D eigenvalue weighted by Crippen LogP contribution is -2.23. The number of carboxylic acid groups (broad SMARTS) is 1. The molecule has 3 N–H and O–H groups in total. The van der Waals surface area contributed by atoms with Crippen molar-refractivity contribution in [3.05, 3.63) is 18.2 Å². The summed E-state index contributed by atoms with van der Waals surface area (Å²) in [7, 11) is 3.13. The molecular weight excluding hydrogens is 262 g/mol. The first-order valence-corrected chi connectivity index (χ1v) is 6.39. The van der Waals surface area contributed by atoms with Gasteiger partial charge in [0.25, 0.3) is 0 Å². The van der Waals surface area contributed by atoms with Crippen molar-refractivity contribution in [2.45, 2.75) is 12.8 Å². The molecule has 0 fully saturated rings. The van der Waals surface area contributed by atoms with Crippen LogP contribution in [0.2, 0.25) is 0 Å². The maximum absolute atomic E-state index is 10.8. The Morgan fingerprint density at radius 3 is 2.20 bits per heavy atom. The number of nitrogens with two attached hydrogens (primary N) is 1. The van der Waals surface area contributed by atoms with Gasteiger partial charge in [0.2, 0.25) is 0 Å². The Kier molecular flexibility index (Phi) is 6.66. The second-order valence-corrected chi connectivity index (χ2v) is 4.31. The molecule has 1 unspecified atom stereocenters. The fourth-order valence-corrected chi connectivity index (χ4v) is 1.73. The zero-order chi connectivity index (χ0) is 15.0. The molecule has 0 aliphatic rings. The molecule has 1 aromatic rings. The molecule has 0 aromatic heterocycles. The van der Waals surface area contributed by atoms with Crippen molar-refractivity contribution in [2.24, 2.45) is 11.7 Å². The van der Waals surface area contributed by atoms with E-state index in [-0.39, 0.29) is 6.54 Å². The minimum absolute atomic E-state index is 0.141. The number of benzene rings is 1. The Labute approximate surface area is 118 Å². The van der Waals surface area contributed by atoms with Crippen LogP contribution >= 0.6 is 0 Å². The average Bonchev–Trinajstić information content (AvgIpc) is 2.46. The van der Waals surface area contributed by atoms with Gasteiger partial charge in [-0.25, -0.2) is 0 Å². The van der Waals surface area contributed by atoms with E-state index in [1.54, 1.807) is 32.4 Å². The summed E-state index contributed by atoms with van der Waals surface area (Å²) in [6.45, 7) is 0.558. The molecule has 20 heavy (non-hydrogen) atoms. The van der Waals surface area contributed by atoms with E-state index < -0.39 is 11.9 Å². The highest BCUT2D eigenvalue weighted by molar-refractivity contribution is 5.70. The molecule has 1 rings (SSSR count). The van der Waals surface area contributed by atoms with Crippen LogP contribution in [0.15, 0.2) is 18.2 Å². The molecule has 0 heterocycles. The van der Waals surface area contributed by atoms with Gasteiger partial charge in [0.15, 0.2) is 0 Å². The summed E-state index contributed by atoms with van der Waals surface area (Å²) in [6, 6.07) is 5.25. The maximum atomic E-state index is 10.8. The topological polar surface area (TPSA) is 91.0 Å². The van der Waals surface area contributed by atoms with E-state index in [9.17, 15) is 4.79 Å². The number of carboxylic acids is 1. The molecule has 0 radical (unpaired) electrons. The fourth-order valence-electron chi connectivity index (χ4n) is 1.73. The van der Waals surface area contributed by atoms with E-state index in [0.29, 0.717) is 36.7 Å². The number of ether oxygens (including phenoxy) is 3. The SMILES string of the molecule is COc1cc(OC)cc(OCCCC(CN)C(=O)O)c1. The minimum Gasteiger partial charge on any atom is -0.496 e. The fraction of sp³-hybridized carbons (Fsp3) is 0.500. The monoisotopic (exact) mass is 283 g/mol. The van der Waals surface area contributed by atoms with Crippen molar-refractivity contribution in [3.8, 4) is 17.2 Å². The average molecular weight is 283 g/mol. The normalized spacial score (nSPS) is 11.8. The van der Waals surface area contributed by atoms with E-state index >= 15 is 0 Å². The molecule has 1 aromatic carbocycles. The van der Waals surface area contributed by atoms with Gasteiger partial charge < -0.3 is 25.1 Å². The van der Waals surface area contributed by atoms with Crippen molar-refractivity contribution in [1.82, 2.24) is 0 Å². The first-order valence-electron chi connectivity index (χ1n) is 6.39. The molecule has 0 aliphatic heterocycles. The first kappa shape index (κ1) is 16.1. The summed E-state index contributed by atoms with van der Waals surface area (Å²) >= 11 is 0. The quantitative estimate of drug-likeness (QED) is 0.668. The first-order chi connectivity index (χ1) is 9.60. The van der Waals surface area contributed by atoms with Crippen molar-refractivity contribution >= 4 is 5.97 Å². The van der Waals surface area contributed by atoms with Gasteiger partial charge in [0.05, 0.1) is 26.7 Å². The van der Waals surface area contributed by atoms with Crippen LogP contribution in [0.5, 0.6) is 17.2 Å². The molecule has 0 saturated carbocycles. The van der Waals surface area contributed by atoms with Crippen molar-refractivity contribution < 1.29 is 24.1 Å². The summed E-state index contributed by atoms with van der Waals surface area (Å²) in [4.78, 5) is 10.8. The van der Waals surface area contributed by atoms with Crippen LogP contribution in [0.4, 0.5) is 0 Å². The van der Waals surface area contributed by atoms with Gasteiger partial charge in [0, 0.05) is 24.7 Å². The van der Waals surface area contributed by atoms with Gasteiger partial charge >= 0.3 is 5.97 Å². The molecule has 0 bridgehead atoms. The van der Waals surface area contributed by atoms with Gasteiger partial charge in [-0.1, -0.05) is 0 Å². The number of hydrogen-bond acceptors (Lipinski definition) is 5. The smallest absolute Gasteiger partial charge is 0.307 e. The lowest BCUT2D eigenvalue weighted by Gasteiger charge is -2.12. The third-order valence-corrected chi connectivity index (χ3v) is 2.92. The zero-order valence-corrected chi connectivity index (χ0v) is 11.8. The highest BCUT2D eigenvalue weighted by Crippen LogP contribution is 2.27. The lowest BCUT2D eigenvalue weighted by molar-refractivity contribution is -0.141. The molecule has 0 amide bonds. The predicted octanol–water partition coefficient (Wildman–Crippen LogP) is 1.52. The van der Waals surface area contributed by atoms with E-state index in [0.717, 1.165) is 0 Å². The zero-order valence-electron chi connectivity index (χ0n) is 11.8. The molecule has 6 heteroatoms. The molecule has 0 spiro atoms. The maximum Gasteiger partial charge on any atom is 0.307 e. The number of carbonyl (C=O) groups is 1. The Balaban J connectivity index is 2.47. The van der Waals surface area contributed by atoms with Gasteiger partial charge in [-0.05, 0) is 12.8 Å². The third-order valence-electron chi connectivity index (χ3n) is 2.92. The second kappa shape index (κ2) is 8.27. The number of hydrogen-bond donors (Lipinski definition) is 2. The Hall–Kier alpha value is -1.95. The van der Waals surface area contributed by atoms with Crippen LogP contribution in [0, 0.1) is 5.92 Å². The van der Waals surface area contributed by atoms with Crippen LogP contribution in [0.25, 0.3) is 0 Å². The van der Waals surface area contributed by atoms with Gasteiger partial charge in [-0.15, -0.1) is 0 Å². The van der Waals surface area contributed by atoms with Gasteiger partial charge in [-0.3, -0.25) is 4.79 Å². The van der Waals surface area contributed by atoms with Crippen LogP contribution in [0.3, 0.4) is 0 Å². The standard InChI is InChI=1S/C14H21NO5/c1-18-11-6-12(19-2)8-13(7-11)20-5-3-4-10(9-15)14(16)17/h6-8,10H,3-5,9,15H2,1-2H3,(H,16,17). The van der Waals surface area contributed by atoms with Crippen molar-refractivity contribution in [3.63, 3.8) is 0 Å². The molecule has 0 saturated heterocycles. The summed E-state index contributed by atoms with van der Waals surface area (Å²) < 4.78 is 15.8. The number of aliphatic carboxylic acids is 1. The van der Waals surface area contributed by atoms with E-state index in [1.165, 1.54) is 0 Å². The van der Waals surface area contributed by atoms with Crippen molar-refractivity contribution in [2.75, 3.05) is 27.4 Å². The summed E-state index contributed by atoms with van der Waals surface area (Å²) in [5, 5.41) is 8.87. The summed E-state index contributed by atoms with van der Waals surface area (Å²) in [5.74, 6) is 0.532. The third kappa shape index (κ3) is 4.97. The Morgan fingerprint density at radius 2 is 1.75 bits per heavy atom. The molecular formula is C14H21NO5. The highest BCUT2D eigenvalue weighted by atomic mass is 16.5. The van der Waals surface area contributed by atoms with Crippen LogP contribution in [-0.4, -0.2) is 38.4 Å². The van der Waals surface area contributed by atoms with E-state index in [2.05, 4.69) is 0 Å². The number of rotatable bonds is 9. The predicted molar refractivity (Wildman–Crippen MR) is 74.5 cm³/mol. The molecule has 1 atom stereocenters. The van der Waals surface area contributed by atoms with E-state index in [4.69, 9.17) is 25.1 Å².